The SMILES string of the molecule is CCOC(=O)[C@H](NC(=O)N1CCC(c2cccc(F)c2)CC1)[C@@H](C)c1c[nH]c2ccccc12. The van der Waals surface area contributed by atoms with E-state index >= 15 is 0 Å². The molecule has 1 saturated heterocycles. The molecule has 3 aromatic rings. The summed E-state index contributed by atoms with van der Waals surface area (Å²) >= 11 is 0. The van der Waals surface area contributed by atoms with Gasteiger partial charge in [0.2, 0.25) is 0 Å². The molecule has 0 saturated carbocycles. The lowest BCUT2D eigenvalue weighted by Gasteiger charge is -2.34. The van der Waals surface area contributed by atoms with Crippen LogP contribution in [0.25, 0.3) is 10.9 Å². The number of esters is 1. The van der Waals surface area contributed by atoms with E-state index < -0.39 is 12.0 Å². The Morgan fingerprint density at radius 1 is 1.18 bits per heavy atom. The van der Waals surface area contributed by atoms with Crippen LogP contribution in [0.1, 0.15) is 49.7 Å². The molecule has 2 heterocycles. The number of nitrogens with one attached hydrogen (secondary N) is 2. The molecular weight excluding hydrogens is 421 g/mol. The molecule has 0 aliphatic carbocycles. The molecule has 0 unspecified atom stereocenters. The quantitative estimate of drug-likeness (QED) is 0.522. The maximum Gasteiger partial charge on any atom is 0.329 e. The van der Waals surface area contributed by atoms with E-state index in [2.05, 4.69) is 10.3 Å². The maximum absolute atomic E-state index is 13.6. The van der Waals surface area contributed by atoms with E-state index in [1.54, 1.807) is 24.0 Å². The zero-order valence-corrected chi connectivity index (χ0v) is 19.0. The average molecular weight is 452 g/mol. The van der Waals surface area contributed by atoms with Crippen LogP contribution in [-0.2, 0) is 9.53 Å². The predicted molar refractivity (Wildman–Crippen MR) is 126 cm³/mol. The number of aromatic nitrogens is 1. The van der Waals surface area contributed by atoms with E-state index in [0.717, 1.165) is 34.9 Å². The molecule has 1 aromatic heterocycles. The van der Waals surface area contributed by atoms with E-state index in [9.17, 15) is 14.0 Å². The number of H-pyrrole nitrogens is 1. The topological polar surface area (TPSA) is 74.4 Å². The first-order chi connectivity index (χ1) is 16.0. The summed E-state index contributed by atoms with van der Waals surface area (Å²) in [6.07, 6.45) is 3.39. The van der Waals surface area contributed by atoms with Crippen molar-refractivity contribution in [2.45, 2.75) is 44.6 Å². The lowest BCUT2D eigenvalue weighted by molar-refractivity contribution is -0.145. The van der Waals surface area contributed by atoms with Gasteiger partial charge in [-0.1, -0.05) is 37.3 Å². The monoisotopic (exact) mass is 451 g/mol. The normalized spacial score (nSPS) is 16.4. The number of fused-ring (bicyclic) bond motifs is 1. The van der Waals surface area contributed by atoms with Gasteiger partial charge in [-0.3, -0.25) is 0 Å². The number of urea groups is 1. The Morgan fingerprint density at radius 3 is 2.67 bits per heavy atom. The molecule has 0 bridgehead atoms. The molecule has 7 heteroatoms. The van der Waals surface area contributed by atoms with E-state index in [-0.39, 0.29) is 30.3 Å². The van der Waals surface area contributed by atoms with Crippen molar-refractivity contribution in [2.75, 3.05) is 19.7 Å². The number of rotatable bonds is 6. The van der Waals surface area contributed by atoms with E-state index in [0.29, 0.717) is 13.1 Å². The number of amides is 2. The Kier molecular flexibility index (Phi) is 6.96. The molecule has 33 heavy (non-hydrogen) atoms. The lowest BCUT2D eigenvalue weighted by atomic mass is 9.89. The number of likely N-dealkylation sites (tertiary alicyclic amines) is 1. The summed E-state index contributed by atoms with van der Waals surface area (Å²) in [7, 11) is 0. The Morgan fingerprint density at radius 2 is 1.94 bits per heavy atom. The fourth-order valence-electron chi connectivity index (χ4n) is 4.67. The first-order valence-electron chi connectivity index (χ1n) is 11.5. The summed E-state index contributed by atoms with van der Waals surface area (Å²) in [6, 6.07) is 13.5. The van der Waals surface area contributed by atoms with Crippen LogP contribution in [0.3, 0.4) is 0 Å². The third-order valence-corrected chi connectivity index (χ3v) is 6.53. The summed E-state index contributed by atoms with van der Waals surface area (Å²) in [6.45, 7) is 5.01. The number of carbonyl (C=O) groups is 2. The van der Waals surface area contributed by atoms with Crippen molar-refractivity contribution in [3.05, 3.63) is 71.7 Å². The molecule has 2 N–H and O–H groups in total. The van der Waals surface area contributed by atoms with Gasteiger partial charge in [0.15, 0.2) is 0 Å². The van der Waals surface area contributed by atoms with E-state index in [1.165, 1.54) is 6.07 Å². The van der Waals surface area contributed by atoms with Crippen molar-refractivity contribution in [1.29, 1.82) is 0 Å². The van der Waals surface area contributed by atoms with Gasteiger partial charge in [-0.05, 0) is 55.0 Å². The Bertz CT molecular complexity index is 1120. The number of nitrogens with zero attached hydrogens (tertiary/aromatic N) is 1. The molecule has 2 aromatic carbocycles. The van der Waals surface area contributed by atoms with E-state index in [1.807, 2.05) is 43.5 Å². The zero-order chi connectivity index (χ0) is 23.4. The lowest BCUT2D eigenvalue weighted by Crippen LogP contribution is -2.52. The van der Waals surface area contributed by atoms with Gasteiger partial charge in [-0.25, -0.2) is 14.0 Å². The summed E-state index contributed by atoms with van der Waals surface area (Å²) in [5, 5.41) is 3.94. The third-order valence-electron chi connectivity index (χ3n) is 6.53. The van der Waals surface area contributed by atoms with Gasteiger partial charge in [-0.2, -0.15) is 0 Å². The standard InChI is InChI=1S/C26H30FN3O3/c1-3-33-25(31)24(17(2)22-16-28-23-10-5-4-9-21(22)23)29-26(32)30-13-11-18(12-14-30)19-7-6-8-20(27)15-19/h4-10,15-18,24,28H,3,11-14H2,1-2H3,(H,29,32)/t17-,24+/m0/s1. The number of benzene rings is 2. The van der Waals surface area contributed by atoms with Crippen molar-refractivity contribution >= 4 is 22.9 Å². The maximum atomic E-state index is 13.6. The summed E-state index contributed by atoms with van der Waals surface area (Å²) in [5.74, 6) is -0.751. The van der Waals surface area contributed by atoms with Crippen LogP contribution in [0.4, 0.5) is 9.18 Å². The molecule has 1 aliphatic rings. The van der Waals surface area contributed by atoms with Gasteiger partial charge in [0.25, 0.3) is 0 Å². The van der Waals surface area contributed by atoms with Crippen molar-refractivity contribution in [1.82, 2.24) is 15.2 Å². The fourth-order valence-corrected chi connectivity index (χ4v) is 4.67. The highest BCUT2D eigenvalue weighted by Gasteiger charge is 2.33. The second-order valence-corrected chi connectivity index (χ2v) is 8.57. The van der Waals surface area contributed by atoms with Gasteiger partial charge in [0.1, 0.15) is 11.9 Å². The number of hydrogen-bond donors (Lipinski definition) is 2. The van der Waals surface area contributed by atoms with Crippen LogP contribution in [0.2, 0.25) is 0 Å². The highest BCUT2D eigenvalue weighted by molar-refractivity contribution is 5.88. The van der Waals surface area contributed by atoms with Gasteiger partial charge >= 0.3 is 12.0 Å². The summed E-state index contributed by atoms with van der Waals surface area (Å²) < 4.78 is 18.9. The van der Waals surface area contributed by atoms with Crippen LogP contribution in [0, 0.1) is 5.82 Å². The van der Waals surface area contributed by atoms with Gasteiger partial charge in [-0.15, -0.1) is 0 Å². The van der Waals surface area contributed by atoms with Gasteiger partial charge in [0.05, 0.1) is 6.61 Å². The first-order valence-corrected chi connectivity index (χ1v) is 11.5. The highest BCUT2D eigenvalue weighted by atomic mass is 19.1. The molecule has 1 fully saturated rings. The number of aromatic amines is 1. The van der Waals surface area contributed by atoms with Crippen LogP contribution in [0.15, 0.2) is 54.7 Å². The Hall–Kier alpha value is -3.35. The first kappa shape index (κ1) is 22.8. The predicted octanol–water partition coefficient (Wildman–Crippen LogP) is 4.93. The van der Waals surface area contributed by atoms with Gasteiger partial charge < -0.3 is 19.9 Å². The molecule has 1 aliphatic heterocycles. The second kappa shape index (κ2) is 10.1. The molecule has 0 spiro atoms. The molecule has 2 amide bonds. The minimum absolute atomic E-state index is 0.218. The minimum atomic E-state index is -0.808. The summed E-state index contributed by atoms with van der Waals surface area (Å²) in [4.78, 5) is 30.9. The number of carbonyl (C=O) groups excluding carboxylic acids is 2. The van der Waals surface area contributed by atoms with E-state index in [4.69, 9.17) is 4.74 Å². The van der Waals surface area contributed by atoms with Crippen molar-refractivity contribution in [2.24, 2.45) is 0 Å². The molecule has 6 nitrogen and oxygen atoms in total. The van der Waals surface area contributed by atoms with Crippen LogP contribution < -0.4 is 5.32 Å². The highest BCUT2D eigenvalue weighted by Crippen LogP contribution is 2.30. The largest absolute Gasteiger partial charge is 0.464 e. The molecule has 2 atom stereocenters. The molecule has 4 rings (SSSR count). The van der Waals surface area contributed by atoms with Crippen LogP contribution >= 0.6 is 0 Å². The zero-order valence-electron chi connectivity index (χ0n) is 19.0. The smallest absolute Gasteiger partial charge is 0.329 e. The average Bonchev–Trinajstić information content (AvgIpc) is 3.26. The van der Waals surface area contributed by atoms with Gasteiger partial charge in [0, 0.05) is 36.1 Å². The van der Waals surface area contributed by atoms with Crippen LogP contribution in [-0.4, -0.2) is 47.6 Å². The minimum Gasteiger partial charge on any atom is -0.464 e. The third kappa shape index (κ3) is 5.02. The van der Waals surface area contributed by atoms with Crippen LogP contribution in [0.5, 0.6) is 0 Å². The number of ether oxygens (including phenoxy) is 1. The van der Waals surface area contributed by atoms with Crippen molar-refractivity contribution in [3.63, 3.8) is 0 Å². The number of hydrogen-bond acceptors (Lipinski definition) is 3. The van der Waals surface area contributed by atoms with Crippen molar-refractivity contribution in [3.8, 4) is 0 Å². The Balaban J connectivity index is 1.45. The van der Waals surface area contributed by atoms with Crippen molar-refractivity contribution < 1.29 is 18.7 Å². The fraction of sp³-hybridized carbons (Fsp3) is 0.385. The Labute approximate surface area is 193 Å². The molecular formula is C26H30FN3O3. The number of piperidine rings is 1. The molecule has 0 radical (unpaired) electrons. The summed E-state index contributed by atoms with van der Waals surface area (Å²) in [5.41, 5.74) is 2.90. The number of halogens is 1. The number of para-hydroxylation sites is 1. The molecule has 174 valence electrons. The second-order valence-electron chi connectivity index (χ2n) is 8.57.